The molecule has 0 aliphatic rings. The molecule has 0 saturated heterocycles. The van der Waals surface area contributed by atoms with Crippen LogP contribution in [0, 0.1) is 0 Å². The number of anilines is 2. The molecule has 1 heterocycles. The Morgan fingerprint density at radius 1 is 1.50 bits per heavy atom. The number of nitrogen functional groups attached to an aromatic ring is 1. The predicted molar refractivity (Wildman–Crippen MR) is 56.0 cm³/mol. The Hall–Kier alpha value is -1.36. The fraction of sp³-hybridized carbons (Fsp3) is 0.556. The average Bonchev–Trinajstić information content (AvgIpc) is 2.02. The maximum absolute atomic E-state index is 5.53. The van der Waals surface area contributed by atoms with Crippen LogP contribution in [0.5, 0.6) is 0 Å². The lowest BCUT2D eigenvalue weighted by Crippen LogP contribution is -2.36. The molecular weight excluding hydrogens is 180 g/mol. The molecule has 0 fully saturated rings. The van der Waals surface area contributed by atoms with Crippen LogP contribution in [0.25, 0.3) is 0 Å². The third-order valence-corrected chi connectivity index (χ3v) is 1.66. The zero-order chi connectivity index (χ0) is 10.6. The minimum Gasteiger partial charge on any atom is -0.384 e. The van der Waals surface area contributed by atoms with Crippen LogP contribution in [0.4, 0.5) is 11.6 Å². The van der Waals surface area contributed by atoms with Crippen molar-refractivity contribution in [3.8, 4) is 0 Å². The maximum Gasteiger partial charge on any atom is 0.131 e. The van der Waals surface area contributed by atoms with Gasteiger partial charge < -0.3 is 15.8 Å². The third kappa shape index (κ3) is 3.18. The topological polar surface area (TPSA) is 73.1 Å². The predicted octanol–water partition coefficient (Wildman–Crippen LogP) is 0.896. The Morgan fingerprint density at radius 3 is 2.79 bits per heavy atom. The summed E-state index contributed by atoms with van der Waals surface area (Å²) in [6.07, 6.45) is 1.43. The Morgan fingerprint density at radius 2 is 2.21 bits per heavy atom. The minimum atomic E-state index is -0.171. The first-order valence-corrected chi connectivity index (χ1v) is 4.38. The number of methoxy groups -OCH3 is 1. The van der Waals surface area contributed by atoms with Crippen molar-refractivity contribution in [3.63, 3.8) is 0 Å². The Balaban J connectivity index is 2.68. The second-order valence-electron chi connectivity index (χ2n) is 3.77. The molecule has 1 rings (SSSR count). The van der Waals surface area contributed by atoms with Gasteiger partial charge in [0.25, 0.3) is 0 Å². The van der Waals surface area contributed by atoms with Crippen LogP contribution in [-0.4, -0.2) is 29.2 Å². The van der Waals surface area contributed by atoms with Gasteiger partial charge in [-0.15, -0.1) is 0 Å². The summed E-state index contributed by atoms with van der Waals surface area (Å²) in [5.41, 5.74) is 5.36. The Kier molecular flexibility index (Phi) is 3.24. The van der Waals surface area contributed by atoms with Crippen LogP contribution in [-0.2, 0) is 4.74 Å². The van der Waals surface area contributed by atoms with Crippen LogP contribution in [0.15, 0.2) is 12.4 Å². The number of hydrogen-bond acceptors (Lipinski definition) is 5. The van der Waals surface area contributed by atoms with Crippen LogP contribution >= 0.6 is 0 Å². The van der Waals surface area contributed by atoms with Gasteiger partial charge in [-0.1, -0.05) is 0 Å². The zero-order valence-electron chi connectivity index (χ0n) is 8.74. The molecule has 14 heavy (non-hydrogen) atoms. The van der Waals surface area contributed by atoms with Crippen molar-refractivity contribution in [1.82, 2.24) is 9.97 Å². The molecule has 0 bridgehead atoms. The number of ether oxygens (including phenoxy) is 1. The van der Waals surface area contributed by atoms with Crippen molar-refractivity contribution < 1.29 is 4.74 Å². The molecule has 0 atom stereocenters. The van der Waals surface area contributed by atoms with Gasteiger partial charge in [0.05, 0.1) is 12.1 Å². The summed E-state index contributed by atoms with van der Waals surface area (Å²) in [6.45, 7) is 4.64. The van der Waals surface area contributed by atoms with E-state index < -0.39 is 0 Å². The van der Waals surface area contributed by atoms with Crippen LogP contribution < -0.4 is 11.1 Å². The highest BCUT2D eigenvalue weighted by Crippen LogP contribution is 2.13. The van der Waals surface area contributed by atoms with Crippen molar-refractivity contribution >= 4 is 11.6 Å². The smallest absolute Gasteiger partial charge is 0.131 e. The molecular formula is C9H16N4O. The molecule has 1 aromatic rings. The normalized spacial score (nSPS) is 11.4. The summed E-state index contributed by atoms with van der Waals surface area (Å²) in [7, 11) is 1.66. The van der Waals surface area contributed by atoms with Crippen molar-refractivity contribution in [2.75, 3.05) is 24.8 Å². The van der Waals surface area contributed by atoms with E-state index in [1.54, 1.807) is 13.2 Å². The van der Waals surface area contributed by atoms with E-state index in [2.05, 4.69) is 15.3 Å². The molecule has 5 heteroatoms. The van der Waals surface area contributed by atoms with Gasteiger partial charge in [-0.2, -0.15) is 0 Å². The molecule has 0 radical (unpaired) electrons. The summed E-state index contributed by atoms with van der Waals surface area (Å²) < 4.78 is 5.07. The number of aromatic nitrogens is 2. The van der Waals surface area contributed by atoms with Crippen LogP contribution in [0.1, 0.15) is 13.8 Å². The van der Waals surface area contributed by atoms with Gasteiger partial charge in [0, 0.05) is 13.2 Å². The van der Waals surface area contributed by atoms with Crippen LogP contribution in [0.3, 0.4) is 0 Å². The van der Waals surface area contributed by atoms with E-state index in [9.17, 15) is 0 Å². The second kappa shape index (κ2) is 4.23. The molecule has 0 aliphatic carbocycles. The van der Waals surface area contributed by atoms with E-state index in [1.165, 1.54) is 6.33 Å². The van der Waals surface area contributed by atoms with Crippen molar-refractivity contribution in [2.24, 2.45) is 0 Å². The van der Waals surface area contributed by atoms with Gasteiger partial charge >= 0.3 is 0 Å². The highest BCUT2D eigenvalue weighted by molar-refractivity contribution is 5.44. The average molecular weight is 196 g/mol. The summed E-state index contributed by atoms with van der Waals surface area (Å²) in [4.78, 5) is 7.86. The van der Waals surface area contributed by atoms with Crippen molar-refractivity contribution in [2.45, 2.75) is 19.4 Å². The quantitative estimate of drug-likeness (QED) is 0.748. The molecule has 0 amide bonds. The fourth-order valence-electron chi connectivity index (χ4n) is 1.18. The maximum atomic E-state index is 5.53. The Labute approximate surface area is 83.7 Å². The fourth-order valence-corrected chi connectivity index (χ4v) is 1.18. The van der Waals surface area contributed by atoms with Gasteiger partial charge in [-0.3, -0.25) is 0 Å². The lowest BCUT2D eigenvalue weighted by Gasteiger charge is -2.25. The lowest BCUT2D eigenvalue weighted by atomic mass is 10.1. The van der Waals surface area contributed by atoms with E-state index in [0.717, 1.165) is 0 Å². The summed E-state index contributed by atoms with van der Waals surface area (Å²) >= 11 is 0. The second-order valence-corrected chi connectivity index (χ2v) is 3.77. The summed E-state index contributed by atoms with van der Waals surface area (Å²) in [5.74, 6) is 1.16. The number of hydrogen-bond donors (Lipinski definition) is 2. The van der Waals surface area contributed by atoms with Crippen LogP contribution in [0.2, 0.25) is 0 Å². The van der Waals surface area contributed by atoms with Gasteiger partial charge in [0.2, 0.25) is 0 Å². The first kappa shape index (κ1) is 10.7. The number of rotatable bonds is 4. The Bertz CT molecular complexity index is 301. The van der Waals surface area contributed by atoms with E-state index in [4.69, 9.17) is 10.5 Å². The third-order valence-electron chi connectivity index (χ3n) is 1.66. The molecule has 78 valence electrons. The van der Waals surface area contributed by atoms with Gasteiger partial charge in [0.15, 0.2) is 0 Å². The van der Waals surface area contributed by atoms with Gasteiger partial charge in [-0.25, -0.2) is 9.97 Å². The van der Waals surface area contributed by atoms with Gasteiger partial charge in [0.1, 0.15) is 18.0 Å². The lowest BCUT2D eigenvalue weighted by molar-refractivity contribution is 0.158. The monoisotopic (exact) mass is 196 g/mol. The number of nitrogens with two attached hydrogens (primary N) is 1. The highest BCUT2D eigenvalue weighted by Gasteiger charge is 2.17. The minimum absolute atomic E-state index is 0.171. The molecule has 1 aromatic heterocycles. The molecule has 3 N–H and O–H groups in total. The van der Waals surface area contributed by atoms with E-state index in [-0.39, 0.29) is 5.54 Å². The van der Waals surface area contributed by atoms with E-state index in [0.29, 0.717) is 18.2 Å². The molecule has 0 aliphatic heterocycles. The number of nitrogens with one attached hydrogen (secondary N) is 1. The van der Waals surface area contributed by atoms with Crippen molar-refractivity contribution in [3.05, 3.63) is 12.4 Å². The first-order chi connectivity index (χ1) is 6.53. The summed E-state index contributed by atoms with van der Waals surface area (Å²) in [6, 6.07) is 1.69. The van der Waals surface area contributed by atoms with Crippen molar-refractivity contribution in [1.29, 1.82) is 0 Å². The summed E-state index contributed by atoms with van der Waals surface area (Å²) in [5, 5.41) is 3.20. The standard InChI is InChI=1S/C9H16N4O/c1-9(2,5-14-3)13-8-4-7(10)11-6-12-8/h4,6H,5H2,1-3H3,(H3,10,11,12,13). The zero-order valence-corrected chi connectivity index (χ0v) is 8.74. The molecule has 0 aromatic carbocycles. The SMILES string of the molecule is COCC(C)(C)Nc1cc(N)ncn1. The molecule has 0 saturated carbocycles. The van der Waals surface area contributed by atoms with E-state index in [1.807, 2.05) is 13.8 Å². The van der Waals surface area contributed by atoms with E-state index >= 15 is 0 Å². The first-order valence-electron chi connectivity index (χ1n) is 4.38. The molecule has 0 spiro atoms. The molecule has 5 nitrogen and oxygen atoms in total. The molecule has 0 unspecified atom stereocenters. The largest absolute Gasteiger partial charge is 0.384 e. The highest BCUT2D eigenvalue weighted by atomic mass is 16.5. The number of nitrogens with zero attached hydrogens (tertiary/aromatic N) is 2. The van der Waals surface area contributed by atoms with Gasteiger partial charge in [-0.05, 0) is 13.8 Å².